The molecule has 0 saturated carbocycles. The molecule has 0 heterocycles. The van der Waals surface area contributed by atoms with Gasteiger partial charge in [0.1, 0.15) is 0 Å². The lowest BCUT2D eigenvalue weighted by atomic mass is 9.86. The maximum Gasteiger partial charge on any atom is 0.460 e. The van der Waals surface area contributed by atoms with Crippen molar-refractivity contribution in [1.82, 2.24) is 0 Å². The average molecular weight is 489 g/mol. The molecule has 0 fully saturated rings. The molecule has 0 aromatic heterocycles. The van der Waals surface area contributed by atoms with Gasteiger partial charge < -0.3 is 0 Å². The summed E-state index contributed by atoms with van der Waals surface area (Å²) in [6.45, 7) is 1.58. The quantitative estimate of drug-likeness (QED) is 0.297. The maximum absolute atomic E-state index is 13.4. The summed E-state index contributed by atoms with van der Waals surface area (Å²) in [5.41, 5.74) is 0. The van der Waals surface area contributed by atoms with Gasteiger partial charge in [-0.15, -0.1) is 0 Å². The number of halogens is 17. The molecule has 0 amide bonds. The van der Waals surface area contributed by atoms with Crippen LogP contribution in [0.3, 0.4) is 0 Å². The van der Waals surface area contributed by atoms with Crippen LogP contribution in [0.25, 0.3) is 0 Å². The Morgan fingerprint density at radius 2 is 0.733 bits per heavy atom. The molecule has 0 rings (SSSR count). The molecule has 0 spiro atoms. The van der Waals surface area contributed by atoms with E-state index in [0.717, 1.165) is 6.92 Å². The molecular weight excluding hydrogens is 479 g/mol. The third-order valence-electron chi connectivity index (χ3n) is 3.91. The molecule has 0 aliphatic rings. The van der Waals surface area contributed by atoms with E-state index in [9.17, 15) is 74.6 Å². The SMILES string of the molecule is CC[C](C)CC(F)(F)C(F)(F)C(F)(F)C(F)(F)C(F)(F)C(F)(F)C(F)(F)C(F)(F)F. The fraction of sp³-hybridized carbons (Fsp3) is 0.923. The molecule has 30 heavy (non-hydrogen) atoms. The molecule has 0 aliphatic carbocycles. The summed E-state index contributed by atoms with van der Waals surface area (Å²) < 4.78 is 220. The minimum atomic E-state index is -8.58. The Morgan fingerprint density at radius 3 is 1.00 bits per heavy atom. The van der Waals surface area contributed by atoms with E-state index in [1.54, 1.807) is 0 Å². The van der Waals surface area contributed by atoms with Crippen LogP contribution >= 0.6 is 0 Å². The van der Waals surface area contributed by atoms with E-state index in [0.29, 0.717) is 6.92 Å². The summed E-state index contributed by atoms with van der Waals surface area (Å²) >= 11 is 0. The number of hydrogen-bond acceptors (Lipinski definition) is 0. The molecule has 17 heteroatoms. The van der Waals surface area contributed by atoms with Gasteiger partial charge in [0, 0.05) is 6.42 Å². The van der Waals surface area contributed by atoms with Gasteiger partial charge in [-0.1, -0.05) is 13.8 Å². The molecule has 181 valence electrons. The standard InChI is InChI=1S/C13H10F17/c1-3-5(2)4-6(14,15)7(16,17)8(18,19)9(20,21)10(22,23)11(24,25)12(26,27)13(28,29)30/h3-4H2,1-2H3. The Bertz CT molecular complexity index is 599. The molecule has 0 bridgehead atoms. The number of rotatable bonds is 9. The zero-order valence-electron chi connectivity index (χ0n) is 14.3. The highest BCUT2D eigenvalue weighted by Gasteiger charge is 2.95. The van der Waals surface area contributed by atoms with Crippen molar-refractivity contribution in [3.63, 3.8) is 0 Å². The van der Waals surface area contributed by atoms with E-state index >= 15 is 0 Å². The Labute approximate surface area is 156 Å². The monoisotopic (exact) mass is 489 g/mol. The van der Waals surface area contributed by atoms with Crippen molar-refractivity contribution >= 4 is 0 Å². The third kappa shape index (κ3) is 3.77. The van der Waals surface area contributed by atoms with Gasteiger partial charge in [0.25, 0.3) is 0 Å². The highest BCUT2D eigenvalue weighted by molar-refractivity contribution is 5.15. The van der Waals surface area contributed by atoms with Gasteiger partial charge >= 0.3 is 47.6 Å². The van der Waals surface area contributed by atoms with Crippen molar-refractivity contribution in [2.45, 2.75) is 74.3 Å². The van der Waals surface area contributed by atoms with E-state index in [-0.39, 0.29) is 0 Å². The van der Waals surface area contributed by atoms with Crippen LogP contribution in [-0.4, -0.2) is 47.6 Å². The van der Waals surface area contributed by atoms with Crippen LogP contribution in [0.2, 0.25) is 0 Å². The normalized spacial score (nSPS) is 16.4. The molecule has 0 aromatic rings. The van der Waals surface area contributed by atoms with Crippen LogP contribution in [0.1, 0.15) is 26.7 Å². The first-order chi connectivity index (χ1) is 12.7. The van der Waals surface area contributed by atoms with E-state index in [2.05, 4.69) is 0 Å². The Kier molecular flexibility index (Phi) is 7.15. The van der Waals surface area contributed by atoms with Crippen LogP contribution in [0.15, 0.2) is 0 Å². The second-order valence-electron chi connectivity index (χ2n) is 6.14. The first-order valence-electron chi connectivity index (χ1n) is 7.23. The van der Waals surface area contributed by atoms with Crippen LogP contribution in [0.5, 0.6) is 0 Å². The molecule has 0 aliphatic heterocycles. The summed E-state index contributed by atoms with van der Waals surface area (Å²) in [4.78, 5) is 0. The fourth-order valence-electron chi connectivity index (χ4n) is 1.81. The smallest absolute Gasteiger partial charge is 0.200 e. The van der Waals surface area contributed by atoms with Crippen molar-refractivity contribution in [2.75, 3.05) is 0 Å². The minimum Gasteiger partial charge on any atom is -0.200 e. The van der Waals surface area contributed by atoms with Gasteiger partial charge in [0.15, 0.2) is 0 Å². The van der Waals surface area contributed by atoms with Gasteiger partial charge in [-0.2, -0.15) is 74.6 Å². The molecule has 0 unspecified atom stereocenters. The Morgan fingerprint density at radius 1 is 0.467 bits per heavy atom. The number of alkyl halides is 17. The predicted octanol–water partition coefficient (Wildman–Crippen LogP) is 7.39. The Hall–Kier alpha value is -1.19. The first kappa shape index (κ1) is 28.8. The topological polar surface area (TPSA) is 0 Å². The lowest BCUT2D eigenvalue weighted by molar-refractivity contribution is -0.461. The predicted molar refractivity (Wildman–Crippen MR) is 64.5 cm³/mol. The van der Waals surface area contributed by atoms with Crippen molar-refractivity contribution in [3.8, 4) is 0 Å². The molecule has 0 aromatic carbocycles. The number of hydrogen-bond donors (Lipinski definition) is 0. The molecule has 0 saturated heterocycles. The van der Waals surface area contributed by atoms with Crippen LogP contribution < -0.4 is 0 Å². The van der Waals surface area contributed by atoms with Gasteiger partial charge in [0.2, 0.25) is 0 Å². The van der Waals surface area contributed by atoms with Crippen LogP contribution in [-0.2, 0) is 0 Å². The third-order valence-corrected chi connectivity index (χ3v) is 3.91. The second-order valence-corrected chi connectivity index (χ2v) is 6.14. The summed E-state index contributed by atoms with van der Waals surface area (Å²) in [6.07, 6.45) is -10.8. The average Bonchev–Trinajstić information content (AvgIpc) is 2.51. The summed E-state index contributed by atoms with van der Waals surface area (Å²) in [5.74, 6) is -56.6. The largest absolute Gasteiger partial charge is 0.460 e. The maximum atomic E-state index is 13.4. The van der Waals surface area contributed by atoms with Crippen LogP contribution in [0, 0.1) is 5.92 Å². The summed E-state index contributed by atoms with van der Waals surface area (Å²) in [6, 6.07) is 0. The molecule has 0 nitrogen and oxygen atoms in total. The summed E-state index contributed by atoms with van der Waals surface area (Å²) in [7, 11) is 0. The van der Waals surface area contributed by atoms with E-state index in [1.165, 1.54) is 0 Å². The minimum absolute atomic E-state index is 0.556. The lowest BCUT2D eigenvalue weighted by Gasteiger charge is -2.43. The lowest BCUT2D eigenvalue weighted by Crippen LogP contribution is -2.74. The van der Waals surface area contributed by atoms with Gasteiger partial charge in [0.05, 0.1) is 0 Å². The molecule has 0 N–H and O–H groups in total. The van der Waals surface area contributed by atoms with Crippen LogP contribution in [0.4, 0.5) is 74.6 Å². The van der Waals surface area contributed by atoms with Crippen molar-refractivity contribution in [1.29, 1.82) is 0 Å². The van der Waals surface area contributed by atoms with E-state index in [1.807, 2.05) is 0 Å². The van der Waals surface area contributed by atoms with E-state index in [4.69, 9.17) is 0 Å². The second kappa shape index (κ2) is 7.45. The van der Waals surface area contributed by atoms with Gasteiger partial charge in [-0.3, -0.25) is 0 Å². The van der Waals surface area contributed by atoms with E-state index < -0.39 is 66.4 Å². The highest BCUT2D eigenvalue weighted by Crippen LogP contribution is 2.64. The van der Waals surface area contributed by atoms with Crippen molar-refractivity contribution in [2.24, 2.45) is 0 Å². The van der Waals surface area contributed by atoms with Gasteiger partial charge in [-0.25, -0.2) is 0 Å². The first-order valence-corrected chi connectivity index (χ1v) is 7.23. The fourth-order valence-corrected chi connectivity index (χ4v) is 1.81. The Balaban J connectivity index is 6.62. The van der Waals surface area contributed by atoms with Gasteiger partial charge in [-0.05, 0) is 12.3 Å². The highest BCUT2D eigenvalue weighted by atomic mass is 19.4. The zero-order chi connectivity index (χ0) is 25.0. The molecular formula is C13H10F17. The van der Waals surface area contributed by atoms with Crippen molar-refractivity contribution < 1.29 is 74.6 Å². The molecule has 0 atom stereocenters. The zero-order valence-corrected chi connectivity index (χ0v) is 14.3. The van der Waals surface area contributed by atoms with Crippen molar-refractivity contribution in [3.05, 3.63) is 5.92 Å². The summed E-state index contributed by atoms with van der Waals surface area (Å²) in [5, 5.41) is 0. The molecule has 1 radical (unpaired) electrons.